The van der Waals surface area contributed by atoms with E-state index in [9.17, 15) is 9.59 Å². The average molecular weight is 347 g/mol. The molecule has 2 heterocycles. The summed E-state index contributed by atoms with van der Waals surface area (Å²) in [4.78, 5) is 25.6. The Labute approximate surface area is 147 Å². The third kappa shape index (κ3) is 3.72. The Kier molecular flexibility index (Phi) is 5.61. The van der Waals surface area contributed by atoms with Crippen LogP contribution in [0.15, 0.2) is 12.4 Å². The molecule has 0 aliphatic carbocycles. The fourth-order valence-corrected chi connectivity index (χ4v) is 2.84. The second-order valence-corrected chi connectivity index (χ2v) is 6.01. The van der Waals surface area contributed by atoms with Crippen LogP contribution in [0, 0.1) is 13.8 Å². The van der Waals surface area contributed by atoms with Crippen LogP contribution in [-0.4, -0.2) is 48.0 Å². The summed E-state index contributed by atoms with van der Waals surface area (Å²) in [6.07, 6.45) is 2.63. The summed E-state index contributed by atoms with van der Waals surface area (Å²) < 4.78 is 3.32. The van der Waals surface area contributed by atoms with Gasteiger partial charge < -0.3 is 10.0 Å². The number of aromatic nitrogens is 4. The summed E-state index contributed by atoms with van der Waals surface area (Å²) in [6.45, 7) is 11.4. The topological polar surface area (TPSA) is 93.2 Å². The maximum Gasteiger partial charge on any atom is 0.338 e. The Hall–Kier alpha value is -2.64. The number of carboxylic acids is 1. The number of rotatable bonds is 7. The van der Waals surface area contributed by atoms with Gasteiger partial charge in [-0.25, -0.2) is 4.79 Å². The van der Waals surface area contributed by atoms with Gasteiger partial charge in [-0.1, -0.05) is 0 Å². The lowest BCUT2D eigenvalue weighted by atomic mass is 10.1. The van der Waals surface area contributed by atoms with Gasteiger partial charge in [-0.15, -0.1) is 0 Å². The number of hydrogen-bond donors (Lipinski definition) is 1. The van der Waals surface area contributed by atoms with Crippen LogP contribution in [0.25, 0.3) is 0 Å². The molecule has 0 spiro atoms. The average Bonchev–Trinajstić information content (AvgIpc) is 3.18. The third-order valence-electron chi connectivity index (χ3n) is 4.48. The molecule has 0 saturated carbocycles. The summed E-state index contributed by atoms with van der Waals surface area (Å²) >= 11 is 0. The van der Waals surface area contributed by atoms with Crippen LogP contribution in [0.4, 0.5) is 0 Å². The predicted molar refractivity (Wildman–Crippen MR) is 92.4 cm³/mol. The zero-order valence-electron chi connectivity index (χ0n) is 15.4. The molecule has 2 rings (SSSR count). The van der Waals surface area contributed by atoms with Gasteiger partial charge in [-0.2, -0.15) is 10.2 Å². The first-order valence-electron chi connectivity index (χ1n) is 8.39. The molecule has 8 nitrogen and oxygen atoms in total. The number of likely N-dealkylation sites (N-methyl/N-ethyl adjacent to an activating group) is 1. The molecular weight excluding hydrogens is 322 g/mol. The van der Waals surface area contributed by atoms with Crippen molar-refractivity contribution in [3.05, 3.63) is 34.9 Å². The first kappa shape index (κ1) is 18.7. The first-order valence-corrected chi connectivity index (χ1v) is 8.39. The maximum atomic E-state index is 12.8. The summed E-state index contributed by atoms with van der Waals surface area (Å²) in [5.74, 6) is -1.16. The standard InChI is InChI=1S/C17H25N5O3/c1-6-20(10-15-11(3)19-21(7-2)12(15)4)16(23)13(5)22-9-14(8-18-22)17(24)25/h8-9,13H,6-7,10H2,1-5H3,(H,24,25). The number of hydrogen-bond acceptors (Lipinski definition) is 4. The van der Waals surface area contributed by atoms with Gasteiger partial charge in [0.15, 0.2) is 0 Å². The van der Waals surface area contributed by atoms with Crippen LogP contribution >= 0.6 is 0 Å². The van der Waals surface area contributed by atoms with Crippen molar-refractivity contribution in [1.82, 2.24) is 24.5 Å². The van der Waals surface area contributed by atoms with Crippen molar-refractivity contribution in [2.75, 3.05) is 6.54 Å². The second kappa shape index (κ2) is 7.50. The van der Waals surface area contributed by atoms with Crippen LogP contribution in [0.5, 0.6) is 0 Å². The zero-order valence-corrected chi connectivity index (χ0v) is 15.4. The van der Waals surface area contributed by atoms with Gasteiger partial charge in [-0.3, -0.25) is 14.2 Å². The smallest absolute Gasteiger partial charge is 0.338 e. The number of aromatic carboxylic acids is 1. The van der Waals surface area contributed by atoms with Crippen molar-refractivity contribution >= 4 is 11.9 Å². The van der Waals surface area contributed by atoms with Gasteiger partial charge in [0, 0.05) is 37.1 Å². The van der Waals surface area contributed by atoms with Crippen molar-refractivity contribution in [3.8, 4) is 0 Å². The summed E-state index contributed by atoms with van der Waals surface area (Å²) in [5, 5.41) is 17.5. The minimum absolute atomic E-state index is 0.0682. The molecule has 0 aliphatic rings. The molecule has 0 aromatic carbocycles. The Morgan fingerprint density at radius 3 is 2.48 bits per heavy atom. The van der Waals surface area contributed by atoms with E-state index in [2.05, 4.69) is 10.2 Å². The molecule has 8 heteroatoms. The molecule has 1 atom stereocenters. The van der Waals surface area contributed by atoms with Gasteiger partial charge in [0.2, 0.25) is 5.91 Å². The summed E-state index contributed by atoms with van der Waals surface area (Å²) in [5.41, 5.74) is 3.10. The molecule has 0 aliphatic heterocycles. The van der Waals surface area contributed by atoms with E-state index >= 15 is 0 Å². The molecule has 1 N–H and O–H groups in total. The van der Waals surface area contributed by atoms with Gasteiger partial charge in [0.05, 0.1) is 17.5 Å². The Balaban J connectivity index is 2.20. The van der Waals surface area contributed by atoms with E-state index in [1.807, 2.05) is 32.4 Å². The molecule has 2 aromatic rings. The maximum absolute atomic E-state index is 12.8. The third-order valence-corrected chi connectivity index (χ3v) is 4.48. The van der Waals surface area contributed by atoms with Gasteiger partial charge in [-0.05, 0) is 34.6 Å². The molecule has 0 fully saturated rings. The Morgan fingerprint density at radius 1 is 1.32 bits per heavy atom. The monoisotopic (exact) mass is 347 g/mol. The van der Waals surface area contributed by atoms with Crippen LogP contribution in [0.1, 0.15) is 54.1 Å². The van der Waals surface area contributed by atoms with Crippen LogP contribution in [0.3, 0.4) is 0 Å². The van der Waals surface area contributed by atoms with E-state index in [-0.39, 0.29) is 11.5 Å². The van der Waals surface area contributed by atoms with Gasteiger partial charge in [0.1, 0.15) is 6.04 Å². The molecule has 25 heavy (non-hydrogen) atoms. The number of carbonyl (C=O) groups is 2. The van der Waals surface area contributed by atoms with E-state index in [4.69, 9.17) is 5.11 Å². The lowest BCUT2D eigenvalue weighted by Crippen LogP contribution is -2.36. The zero-order chi connectivity index (χ0) is 18.7. The lowest BCUT2D eigenvalue weighted by Gasteiger charge is -2.25. The summed E-state index contributed by atoms with van der Waals surface area (Å²) in [7, 11) is 0. The highest BCUT2D eigenvalue weighted by atomic mass is 16.4. The molecular formula is C17H25N5O3. The highest BCUT2D eigenvalue weighted by molar-refractivity contribution is 5.87. The molecule has 0 bridgehead atoms. The minimum Gasteiger partial charge on any atom is -0.478 e. The SMILES string of the molecule is CCN(Cc1c(C)nn(CC)c1C)C(=O)C(C)n1cc(C(=O)O)cn1. The number of carboxylic acid groups (broad SMARTS) is 1. The first-order chi connectivity index (χ1) is 11.8. The molecule has 1 unspecified atom stereocenters. The van der Waals surface area contributed by atoms with E-state index in [1.165, 1.54) is 17.1 Å². The Bertz CT molecular complexity index is 777. The molecule has 1 amide bonds. The van der Waals surface area contributed by atoms with E-state index < -0.39 is 12.0 Å². The molecule has 0 saturated heterocycles. The normalized spacial score (nSPS) is 12.2. The number of amides is 1. The highest BCUT2D eigenvalue weighted by Crippen LogP contribution is 2.18. The van der Waals surface area contributed by atoms with Gasteiger partial charge >= 0.3 is 5.97 Å². The largest absolute Gasteiger partial charge is 0.478 e. The van der Waals surface area contributed by atoms with Crippen molar-refractivity contribution in [1.29, 1.82) is 0 Å². The van der Waals surface area contributed by atoms with Crippen molar-refractivity contribution in [2.24, 2.45) is 0 Å². The molecule has 136 valence electrons. The van der Waals surface area contributed by atoms with E-state index in [0.29, 0.717) is 13.1 Å². The second-order valence-electron chi connectivity index (χ2n) is 6.01. The fourth-order valence-electron chi connectivity index (χ4n) is 2.84. The van der Waals surface area contributed by atoms with Crippen LogP contribution in [-0.2, 0) is 17.9 Å². The van der Waals surface area contributed by atoms with Crippen LogP contribution in [0.2, 0.25) is 0 Å². The molecule has 2 aromatic heterocycles. The highest BCUT2D eigenvalue weighted by Gasteiger charge is 2.24. The van der Waals surface area contributed by atoms with Crippen molar-refractivity contribution in [2.45, 2.75) is 53.8 Å². The fraction of sp³-hybridized carbons (Fsp3) is 0.529. The molecule has 0 radical (unpaired) electrons. The lowest BCUT2D eigenvalue weighted by molar-refractivity contribution is -0.135. The minimum atomic E-state index is -1.06. The summed E-state index contributed by atoms with van der Waals surface area (Å²) in [6, 6.07) is -0.574. The predicted octanol–water partition coefficient (Wildman–Crippen LogP) is 2.02. The number of aryl methyl sites for hydroxylation is 2. The van der Waals surface area contributed by atoms with Crippen LogP contribution < -0.4 is 0 Å². The Morgan fingerprint density at radius 2 is 2.00 bits per heavy atom. The van der Waals surface area contributed by atoms with Gasteiger partial charge in [0.25, 0.3) is 0 Å². The van der Waals surface area contributed by atoms with Crippen molar-refractivity contribution in [3.63, 3.8) is 0 Å². The van der Waals surface area contributed by atoms with Crippen molar-refractivity contribution < 1.29 is 14.7 Å². The number of nitrogens with zero attached hydrogens (tertiary/aromatic N) is 5. The number of carbonyl (C=O) groups excluding carboxylic acids is 1. The quantitative estimate of drug-likeness (QED) is 0.827. The van der Waals surface area contributed by atoms with E-state index in [1.54, 1.807) is 11.8 Å². The van der Waals surface area contributed by atoms with E-state index in [0.717, 1.165) is 23.5 Å².